The van der Waals surface area contributed by atoms with Gasteiger partial charge in [-0.1, -0.05) is 0 Å². The second-order valence-corrected chi connectivity index (χ2v) is 8.40. The number of hydrogen-bond acceptors (Lipinski definition) is 7. The minimum Gasteiger partial charge on any atom is -0.347 e. The highest BCUT2D eigenvalue weighted by molar-refractivity contribution is 5.91. The number of nitrogens with one attached hydrogen (secondary N) is 1. The maximum Gasteiger partial charge on any atom is 0.291 e. The minimum absolute atomic E-state index is 0.00409. The van der Waals surface area contributed by atoms with Crippen molar-refractivity contribution in [2.24, 2.45) is 0 Å². The molecule has 5 rings (SSSR count). The molecule has 0 bridgehead atoms. The maximum atomic E-state index is 12.7. The topological polar surface area (TPSA) is 120 Å². The number of aromatic nitrogens is 7. The normalized spacial score (nSPS) is 18.4. The molecule has 0 unspecified atom stereocenters. The number of carbonyl (C=O) groups excluding carboxylic acids is 1. The summed E-state index contributed by atoms with van der Waals surface area (Å²) < 4.78 is 3.15. The van der Waals surface area contributed by atoms with Crippen molar-refractivity contribution in [3.05, 3.63) is 70.3 Å². The lowest BCUT2D eigenvalue weighted by atomic mass is 9.91. The zero-order chi connectivity index (χ0) is 22.9. The predicted molar refractivity (Wildman–Crippen MR) is 121 cm³/mol. The molecule has 10 nitrogen and oxygen atoms in total. The van der Waals surface area contributed by atoms with Crippen molar-refractivity contribution in [1.82, 2.24) is 39.7 Å². The summed E-state index contributed by atoms with van der Waals surface area (Å²) in [4.78, 5) is 37.9. The molecule has 0 aliphatic heterocycles. The van der Waals surface area contributed by atoms with Gasteiger partial charge in [0.1, 0.15) is 0 Å². The van der Waals surface area contributed by atoms with E-state index < -0.39 is 0 Å². The Balaban J connectivity index is 1.26. The van der Waals surface area contributed by atoms with Crippen LogP contribution in [-0.4, -0.2) is 46.3 Å². The molecule has 4 aromatic heterocycles. The SMILES string of the molecule is Cc1cc(C)n2nc(C(=O)NC3CCC(n4nc(-c5ccncc5)ccc4=O)CC3)nc2n1. The predicted octanol–water partition coefficient (Wildman–Crippen LogP) is 2.27. The van der Waals surface area contributed by atoms with Gasteiger partial charge in [0.05, 0.1) is 11.7 Å². The summed E-state index contributed by atoms with van der Waals surface area (Å²) >= 11 is 0. The van der Waals surface area contributed by atoms with Crippen molar-refractivity contribution in [3.8, 4) is 11.3 Å². The Hall–Kier alpha value is -3.95. The quantitative estimate of drug-likeness (QED) is 0.513. The van der Waals surface area contributed by atoms with Crippen LogP contribution in [0.2, 0.25) is 0 Å². The van der Waals surface area contributed by atoms with E-state index in [2.05, 4.69) is 30.5 Å². The second-order valence-electron chi connectivity index (χ2n) is 8.40. The zero-order valence-corrected chi connectivity index (χ0v) is 18.5. The van der Waals surface area contributed by atoms with E-state index in [0.717, 1.165) is 48.3 Å². The minimum atomic E-state index is -0.309. The van der Waals surface area contributed by atoms with Crippen LogP contribution in [0.15, 0.2) is 47.5 Å². The Morgan fingerprint density at radius 2 is 1.76 bits per heavy atom. The van der Waals surface area contributed by atoms with Gasteiger partial charge in [0.2, 0.25) is 5.82 Å². The third-order valence-corrected chi connectivity index (χ3v) is 6.00. The Morgan fingerprint density at radius 3 is 2.52 bits per heavy atom. The van der Waals surface area contributed by atoms with E-state index in [-0.39, 0.29) is 29.4 Å². The number of nitrogens with zero attached hydrogens (tertiary/aromatic N) is 7. The van der Waals surface area contributed by atoms with Gasteiger partial charge in [-0.05, 0) is 63.8 Å². The third-order valence-electron chi connectivity index (χ3n) is 6.00. The van der Waals surface area contributed by atoms with Crippen LogP contribution in [0, 0.1) is 13.8 Å². The Labute approximate surface area is 189 Å². The molecule has 0 saturated heterocycles. The van der Waals surface area contributed by atoms with Crippen molar-refractivity contribution in [1.29, 1.82) is 0 Å². The van der Waals surface area contributed by atoms with Crippen molar-refractivity contribution < 1.29 is 4.79 Å². The molecular formula is C23H24N8O2. The van der Waals surface area contributed by atoms with Crippen LogP contribution in [0.4, 0.5) is 0 Å². The molecule has 0 spiro atoms. The fraction of sp³-hybridized carbons (Fsp3) is 0.348. The molecule has 1 aliphatic rings. The lowest BCUT2D eigenvalue weighted by molar-refractivity contribution is 0.0911. The largest absolute Gasteiger partial charge is 0.347 e. The maximum absolute atomic E-state index is 12.7. The highest BCUT2D eigenvalue weighted by Gasteiger charge is 2.26. The van der Waals surface area contributed by atoms with Gasteiger partial charge in [0.25, 0.3) is 17.2 Å². The first-order chi connectivity index (χ1) is 16.0. The van der Waals surface area contributed by atoms with Gasteiger partial charge in [0.15, 0.2) is 0 Å². The average Bonchev–Trinajstić information content (AvgIpc) is 3.25. The first-order valence-corrected chi connectivity index (χ1v) is 11.0. The number of rotatable bonds is 4. The number of aryl methyl sites for hydroxylation is 2. The monoisotopic (exact) mass is 444 g/mol. The van der Waals surface area contributed by atoms with Crippen LogP contribution in [0.5, 0.6) is 0 Å². The molecule has 10 heteroatoms. The average molecular weight is 444 g/mol. The molecule has 1 fully saturated rings. The van der Waals surface area contributed by atoms with Crippen molar-refractivity contribution in [3.63, 3.8) is 0 Å². The van der Waals surface area contributed by atoms with Crippen LogP contribution < -0.4 is 10.9 Å². The van der Waals surface area contributed by atoms with Crippen LogP contribution in [-0.2, 0) is 0 Å². The Morgan fingerprint density at radius 1 is 1.00 bits per heavy atom. The molecule has 0 aromatic carbocycles. The molecule has 4 aromatic rings. The standard InChI is InChI=1S/C23H24N8O2/c1-14-13-15(2)30-23(25-14)27-21(29-30)22(33)26-17-3-5-18(6-4-17)31-20(32)8-7-19(28-31)16-9-11-24-12-10-16/h7-13,17-18H,3-6H2,1-2H3,(H,26,33). The summed E-state index contributed by atoms with van der Waals surface area (Å²) in [6.45, 7) is 3.78. The molecule has 1 N–H and O–H groups in total. The highest BCUT2D eigenvalue weighted by Crippen LogP contribution is 2.27. The summed E-state index contributed by atoms with van der Waals surface area (Å²) in [5, 5.41) is 11.9. The second kappa shape index (κ2) is 8.53. The van der Waals surface area contributed by atoms with E-state index in [0.29, 0.717) is 5.78 Å². The van der Waals surface area contributed by atoms with Crippen LogP contribution >= 0.6 is 0 Å². The van der Waals surface area contributed by atoms with Crippen molar-refractivity contribution >= 4 is 11.7 Å². The van der Waals surface area contributed by atoms with Gasteiger partial charge in [-0.2, -0.15) is 10.1 Å². The van der Waals surface area contributed by atoms with Gasteiger partial charge < -0.3 is 5.32 Å². The first kappa shape index (κ1) is 20.9. The number of hydrogen-bond donors (Lipinski definition) is 1. The van der Waals surface area contributed by atoms with Crippen molar-refractivity contribution in [2.45, 2.75) is 51.6 Å². The summed E-state index contributed by atoms with van der Waals surface area (Å²) in [5.74, 6) is 0.220. The summed E-state index contributed by atoms with van der Waals surface area (Å²) in [5.41, 5.74) is 3.24. The summed E-state index contributed by atoms with van der Waals surface area (Å²) in [6.07, 6.45) is 6.39. The molecule has 1 amide bonds. The number of fused-ring (bicyclic) bond motifs is 1. The van der Waals surface area contributed by atoms with Gasteiger partial charge in [-0.15, -0.1) is 5.10 Å². The fourth-order valence-electron chi connectivity index (χ4n) is 4.34. The number of amides is 1. The molecule has 0 atom stereocenters. The van der Waals surface area contributed by atoms with Crippen LogP contribution in [0.3, 0.4) is 0 Å². The molecule has 1 saturated carbocycles. The van der Waals surface area contributed by atoms with Gasteiger partial charge in [-0.25, -0.2) is 14.2 Å². The van der Waals surface area contributed by atoms with E-state index in [1.807, 2.05) is 32.0 Å². The van der Waals surface area contributed by atoms with E-state index in [1.165, 1.54) is 0 Å². The Kier molecular flexibility index (Phi) is 5.41. The zero-order valence-electron chi connectivity index (χ0n) is 18.5. The molecule has 33 heavy (non-hydrogen) atoms. The number of carbonyl (C=O) groups is 1. The molecule has 0 radical (unpaired) electrons. The number of pyridine rings is 1. The molecule has 1 aliphatic carbocycles. The lowest BCUT2D eigenvalue weighted by Gasteiger charge is -2.29. The van der Waals surface area contributed by atoms with E-state index in [4.69, 9.17) is 0 Å². The third kappa shape index (κ3) is 4.23. The van der Waals surface area contributed by atoms with Crippen LogP contribution in [0.1, 0.15) is 53.7 Å². The van der Waals surface area contributed by atoms with Gasteiger partial charge >= 0.3 is 0 Å². The summed E-state index contributed by atoms with van der Waals surface area (Å²) in [6, 6.07) is 8.92. The van der Waals surface area contributed by atoms with E-state index >= 15 is 0 Å². The fourth-order valence-corrected chi connectivity index (χ4v) is 4.34. The highest BCUT2D eigenvalue weighted by atomic mass is 16.2. The molecule has 4 heterocycles. The van der Waals surface area contributed by atoms with Crippen LogP contribution in [0.25, 0.3) is 17.0 Å². The van der Waals surface area contributed by atoms with Crippen molar-refractivity contribution in [2.75, 3.05) is 0 Å². The first-order valence-electron chi connectivity index (χ1n) is 11.0. The van der Waals surface area contributed by atoms with E-state index in [1.54, 1.807) is 33.7 Å². The lowest BCUT2D eigenvalue weighted by Crippen LogP contribution is -2.40. The van der Waals surface area contributed by atoms with E-state index in [9.17, 15) is 9.59 Å². The molecular weight excluding hydrogens is 420 g/mol. The van der Waals surface area contributed by atoms with Gasteiger partial charge in [-0.3, -0.25) is 14.6 Å². The van der Waals surface area contributed by atoms with Gasteiger partial charge in [0, 0.05) is 41.5 Å². The summed E-state index contributed by atoms with van der Waals surface area (Å²) in [7, 11) is 0. The Bertz CT molecular complexity index is 1370. The molecule has 168 valence electrons. The smallest absolute Gasteiger partial charge is 0.291 e.